The molecule has 1 heterocycles. The lowest BCUT2D eigenvalue weighted by atomic mass is 9.74. The van der Waals surface area contributed by atoms with Crippen molar-refractivity contribution in [3.8, 4) is 0 Å². The van der Waals surface area contributed by atoms with Crippen molar-refractivity contribution < 1.29 is 36.5 Å². The maximum absolute atomic E-state index is 13.5. The minimum atomic E-state index is -4.19. The Labute approximate surface area is 225 Å². The van der Waals surface area contributed by atoms with Crippen LogP contribution in [0.1, 0.15) is 34.1 Å². The fourth-order valence-electron chi connectivity index (χ4n) is 4.06. The van der Waals surface area contributed by atoms with Crippen molar-refractivity contribution in [1.29, 1.82) is 0 Å². The number of hydrogen-bond donors (Lipinski definition) is 1. The summed E-state index contributed by atoms with van der Waals surface area (Å²) < 4.78 is 42.4. The fourth-order valence-corrected chi connectivity index (χ4v) is 5.40. The number of ether oxygens (including phenoxy) is 2. The molecule has 1 saturated heterocycles. The Balaban J connectivity index is 1.86. The minimum Gasteiger partial charge on any atom is -0.464 e. The van der Waals surface area contributed by atoms with Gasteiger partial charge in [-0.05, 0) is 52.0 Å². The highest BCUT2D eigenvalue weighted by atomic mass is 79.9. The van der Waals surface area contributed by atoms with E-state index in [1.165, 1.54) is 24.3 Å². The molecule has 12 heteroatoms. The average molecular weight is 600 g/mol. The molecular weight excluding hydrogens is 568 g/mol. The molecule has 2 aliphatic rings. The van der Waals surface area contributed by atoms with Crippen LogP contribution in [-0.2, 0) is 33.4 Å². The van der Waals surface area contributed by atoms with E-state index in [0.29, 0.717) is 4.47 Å². The van der Waals surface area contributed by atoms with Crippen LogP contribution in [0.3, 0.4) is 0 Å². The molecule has 1 aliphatic carbocycles. The predicted octanol–water partition coefficient (Wildman–Crippen LogP) is 3.32. The van der Waals surface area contributed by atoms with Gasteiger partial charge in [0.1, 0.15) is 11.6 Å². The van der Waals surface area contributed by atoms with Crippen molar-refractivity contribution in [1.82, 2.24) is 10.2 Å². The van der Waals surface area contributed by atoms with Gasteiger partial charge in [0.2, 0.25) is 5.91 Å². The molecule has 0 unspecified atom stereocenters. The van der Waals surface area contributed by atoms with Gasteiger partial charge in [-0.25, -0.2) is 9.59 Å². The highest BCUT2D eigenvalue weighted by molar-refractivity contribution is 9.10. The number of likely N-dealkylation sites (tertiary alicyclic amines) is 1. The van der Waals surface area contributed by atoms with E-state index >= 15 is 0 Å². The molecule has 2 amide bonds. The SMILES string of the molecule is C=C[C@@H]1C=C[C@]1(NC(=O)[C@@H]1C[C@H](OS(=O)(=O)c2ccc(Br)cc2)CN1C(=O)OC(C)(C)C)C(=O)OCC. The van der Waals surface area contributed by atoms with Crippen molar-refractivity contribution in [2.45, 2.75) is 62.3 Å². The number of esters is 1. The summed E-state index contributed by atoms with van der Waals surface area (Å²) in [5, 5.41) is 2.70. The average Bonchev–Trinajstić information content (AvgIpc) is 3.19. The lowest BCUT2D eigenvalue weighted by Gasteiger charge is -2.41. The number of nitrogens with zero attached hydrogens (tertiary/aromatic N) is 1. The number of carbonyl (C=O) groups excluding carboxylic acids is 3. The Bertz CT molecular complexity index is 1190. The van der Waals surface area contributed by atoms with Crippen LogP contribution < -0.4 is 5.32 Å². The first-order valence-electron chi connectivity index (χ1n) is 11.7. The molecule has 37 heavy (non-hydrogen) atoms. The van der Waals surface area contributed by atoms with Gasteiger partial charge in [-0.2, -0.15) is 8.42 Å². The Kier molecular flexibility index (Phi) is 8.55. The maximum Gasteiger partial charge on any atom is 0.411 e. The van der Waals surface area contributed by atoms with E-state index in [-0.39, 0.29) is 24.5 Å². The monoisotopic (exact) mass is 598 g/mol. The van der Waals surface area contributed by atoms with Gasteiger partial charge in [-0.15, -0.1) is 6.58 Å². The van der Waals surface area contributed by atoms with Gasteiger partial charge in [0.05, 0.1) is 24.2 Å². The molecular formula is C25H31BrN2O8S. The van der Waals surface area contributed by atoms with Gasteiger partial charge in [0.15, 0.2) is 5.54 Å². The topological polar surface area (TPSA) is 128 Å². The Morgan fingerprint density at radius 1 is 1.24 bits per heavy atom. The van der Waals surface area contributed by atoms with Gasteiger partial charge in [0, 0.05) is 16.8 Å². The van der Waals surface area contributed by atoms with Crippen LogP contribution >= 0.6 is 15.9 Å². The molecule has 1 aromatic carbocycles. The third-order valence-corrected chi connectivity index (χ3v) is 7.75. The van der Waals surface area contributed by atoms with Crippen LogP contribution in [0.2, 0.25) is 0 Å². The second kappa shape index (κ2) is 11.0. The summed E-state index contributed by atoms with van der Waals surface area (Å²) in [6, 6.07) is 4.72. The van der Waals surface area contributed by atoms with E-state index in [2.05, 4.69) is 27.8 Å². The fraction of sp³-hybridized carbons (Fsp3) is 0.480. The van der Waals surface area contributed by atoms with E-state index in [0.717, 1.165) is 4.90 Å². The van der Waals surface area contributed by atoms with Gasteiger partial charge < -0.3 is 14.8 Å². The van der Waals surface area contributed by atoms with E-state index < -0.39 is 57.3 Å². The molecule has 0 aromatic heterocycles. The van der Waals surface area contributed by atoms with E-state index in [9.17, 15) is 22.8 Å². The van der Waals surface area contributed by atoms with E-state index in [1.54, 1.807) is 45.9 Å². The molecule has 1 fully saturated rings. The first-order chi connectivity index (χ1) is 17.2. The molecule has 0 radical (unpaired) electrons. The van der Waals surface area contributed by atoms with Crippen molar-refractivity contribution in [3.05, 3.63) is 53.5 Å². The van der Waals surface area contributed by atoms with Gasteiger partial charge in [0.25, 0.3) is 10.1 Å². The zero-order valence-corrected chi connectivity index (χ0v) is 23.5. The highest BCUT2D eigenvalue weighted by Crippen LogP contribution is 2.34. The number of halogens is 1. The number of carbonyl (C=O) groups is 3. The molecule has 3 rings (SSSR count). The smallest absolute Gasteiger partial charge is 0.411 e. The molecule has 0 bridgehead atoms. The van der Waals surface area contributed by atoms with Gasteiger partial charge >= 0.3 is 12.1 Å². The van der Waals surface area contributed by atoms with Crippen molar-refractivity contribution in [3.63, 3.8) is 0 Å². The zero-order valence-electron chi connectivity index (χ0n) is 21.1. The lowest BCUT2D eigenvalue weighted by molar-refractivity contribution is -0.153. The molecule has 1 aliphatic heterocycles. The number of amides is 2. The molecule has 10 nitrogen and oxygen atoms in total. The first kappa shape index (κ1) is 28.9. The van der Waals surface area contributed by atoms with Crippen molar-refractivity contribution >= 4 is 44.0 Å². The van der Waals surface area contributed by atoms with Crippen molar-refractivity contribution in [2.24, 2.45) is 5.92 Å². The van der Waals surface area contributed by atoms with Gasteiger partial charge in [-0.1, -0.05) is 34.2 Å². The molecule has 4 atom stereocenters. The number of benzene rings is 1. The highest BCUT2D eigenvalue weighted by Gasteiger charge is 2.52. The summed E-state index contributed by atoms with van der Waals surface area (Å²) in [6.45, 7) is 10.3. The second-order valence-corrected chi connectivity index (χ2v) is 12.2. The van der Waals surface area contributed by atoms with Crippen LogP contribution in [0.4, 0.5) is 4.79 Å². The normalized spacial score (nSPS) is 25.2. The largest absolute Gasteiger partial charge is 0.464 e. The van der Waals surface area contributed by atoms with E-state index in [4.69, 9.17) is 13.7 Å². The third-order valence-electron chi connectivity index (χ3n) is 5.85. The number of hydrogen-bond acceptors (Lipinski definition) is 8. The summed E-state index contributed by atoms with van der Waals surface area (Å²) in [6.07, 6.45) is 2.74. The van der Waals surface area contributed by atoms with Crippen LogP contribution in [0.25, 0.3) is 0 Å². The molecule has 1 aromatic rings. The molecule has 0 spiro atoms. The van der Waals surface area contributed by atoms with Crippen LogP contribution in [0.15, 0.2) is 58.4 Å². The quantitative estimate of drug-likeness (QED) is 0.274. The summed E-state index contributed by atoms with van der Waals surface area (Å²) in [4.78, 5) is 40.3. The first-order valence-corrected chi connectivity index (χ1v) is 13.9. The number of rotatable bonds is 8. The Morgan fingerprint density at radius 2 is 1.89 bits per heavy atom. The summed E-state index contributed by atoms with van der Waals surface area (Å²) in [5.74, 6) is -1.86. The van der Waals surface area contributed by atoms with Crippen LogP contribution in [0, 0.1) is 5.92 Å². The standard InChI is InChI=1S/C25H31BrN2O8S/c1-6-16-12-13-25(16,22(30)34-7-2)27-21(29)20-14-18(15-28(20)23(31)35-24(3,4)5)36-37(32,33)19-10-8-17(26)9-11-19/h6,8-13,16,18,20H,1,7,14-15H2,2-5H3,(H,27,29)/t16-,18+,20+,25-/m1/s1. The van der Waals surface area contributed by atoms with Gasteiger partial charge in [-0.3, -0.25) is 13.9 Å². The summed E-state index contributed by atoms with van der Waals surface area (Å²) >= 11 is 3.25. The van der Waals surface area contributed by atoms with Crippen LogP contribution in [0.5, 0.6) is 0 Å². The minimum absolute atomic E-state index is 0.0675. The summed E-state index contributed by atoms with van der Waals surface area (Å²) in [5.41, 5.74) is -2.34. The lowest BCUT2D eigenvalue weighted by Crippen LogP contribution is -2.64. The molecule has 1 N–H and O–H groups in total. The molecule has 0 saturated carbocycles. The third kappa shape index (κ3) is 6.42. The summed E-state index contributed by atoms with van der Waals surface area (Å²) in [7, 11) is -4.19. The Morgan fingerprint density at radius 3 is 2.41 bits per heavy atom. The van der Waals surface area contributed by atoms with Crippen LogP contribution in [-0.4, -0.2) is 67.7 Å². The van der Waals surface area contributed by atoms with E-state index in [1.807, 2.05) is 0 Å². The Hall–Kier alpha value is -2.70. The zero-order chi connectivity index (χ0) is 27.6. The second-order valence-electron chi connectivity index (χ2n) is 9.71. The number of nitrogens with one attached hydrogen (secondary N) is 1. The maximum atomic E-state index is 13.5. The van der Waals surface area contributed by atoms with Crippen molar-refractivity contribution in [2.75, 3.05) is 13.2 Å². The molecule has 202 valence electrons. The predicted molar refractivity (Wildman–Crippen MR) is 138 cm³/mol.